The maximum Gasteiger partial charge on any atom is 0.406 e. The highest BCUT2D eigenvalue weighted by Crippen LogP contribution is 2.38. The number of amides is 1. The smallest absolute Gasteiger partial charge is 0.406 e. The van der Waals surface area contributed by atoms with Gasteiger partial charge in [0.25, 0.3) is 0 Å². The number of carbonyl (C=O) groups is 4. The molecule has 14 heteroatoms. The van der Waals surface area contributed by atoms with Crippen LogP contribution in [0.1, 0.15) is 33.9 Å². The second-order valence-corrected chi connectivity index (χ2v) is 6.28. The molecule has 0 unspecified atom stereocenters. The summed E-state index contributed by atoms with van der Waals surface area (Å²) >= 11 is 0. The van der Waals surface area contributed by atoms with Crippen molar-refractivity contribution in [1.82, 2.24) is 9.55 Å². The van der Waals surface area contributed by atoms with E-state index in [1.165, 1.54) is 0 Å². The minimum atomic E-state index is -1.29. The van der Waals surface area contributed by atoms with Crippen molar-refractivity contribution in [3.8, 4) is 0 Å². The summed E-state index contributed by atoms with van der Waals surface area (Å²) in [6, 6.07) is 0. The lowest BCUT2D eigenvalue weighted by Gasteiger charge is -2.23. The van der Waals surface area contributed by atoms with Crippen molar-refractivity contribution >= 4 is 35.5 Å². The van der Waals surface area contributed by atoms with E-state index in [4.69, 9.17) is 18.9 Å². The van der Waals surface area contributed by atoms with Crippen LogP contribution in [0.15, 0.2) is 6.33 Å². The number of aromatic nitrogens is 2. The predicted molar refractivity (Wildman–Crippen MR) is 94.8 cm³/mol. The Morgan fingerprint density at radius 1 is 1.13 bits per heavy atom. The lowest BCUT2D eigenvalue weighted by Crippen LogP contribution is -2.40. The first-order valence-electron chi connectivity index (χ1n) is 8.63. The maximum atomic E-state index is 11.7. The number of nitrogens with zero attached hydrogens (tertiary/aromatic N) is 3. The number of ether oxygens (including phenoxy) is 4. The molecule has 0 spiro atoms. The first-order valence-corrected chi connectivity index (χ1v) is 8.63. The van der Waals surface area contributed by atoms with Crippen molar-refractivity contribution in [3.63, 3.8) is 0 Å². The molecular formula is C16H20N4O10. The molecule has 0 radical (unpaired) electrons. The molecule has 1 aromatic rings. The van der Waals surface area contributed by atoms with Gasteiger partial charge in [-0.15, -0.1) is 0 Å². The summed E-state index contributed by atoms with van der Waals surface area (Å²) in [6.07, 6.45) is -3.85. The van der Waals surface area contributed by atoms with Gasteiger partial charge in [0.2, 0.25) is 18.1 Å². The summed E-state index contributed by atoms with van der Waals surface area (Å²) in [5.41, 5.74) is 0. The Labute approximate surface area is 169 Å². The second kappa shape index (κ2) is 9.30. The first-order chi connectivity index (χ1) is 14.0. The van der Waals surface area contributed by atoms with Crippen LogP contribution >= 0.6 is 0 Å². The van der Waals surface area contributed by atoms with Crippen LogP contribution in [0.4, 0.5) is 11.6 Å². The number of hydrogen-bond acceptors (Lipinski definition) is 11. The van der Waals surface area contributed by atoms with E-state index in [1.807, 2.05) is 0 Å². The number of hydrogen-bond donors (Lipinski definition) is 1. The topological polar surface area (TPSA) is 178 Å². The van der Waals surface area contributed by atoms with Gasteiger partial charge in [-0.05, 0) is 9.91 Å². The van der Waals surface area contributed by atoms with Crippen LogP contribution < -0.4 is 5.32 Å². The molecule has 2 heterocycles. The third-order valence-electron chi connectivity index (χ3n) is 3.86. The van der Waals surface area contributed by atoms with Crippen molar-refractivity contribution in [2.24, 2.45) is 0 Å². The molecule has 0 aliphatic carbocycles. The van der Waals surface area contributed by atoms with Crippen LogP contribution in [-0.4, -0.2) is 63.2 Å². The Balaban J connectivity index is 2.51. The van der Waals surface area contributed by atoms with Gasteiger partial charge in [0.05, 0.1) is 0 Å². The first kappa shape index (κ1) is 22.7. The van der Waals surface area contributed by atoms with Gasteiger partial charge in [-0.3, -0.25) is 23.7 Å². The van der Waals surface area contributed by atoms with Crippen molar-refractivity contribution in [3.05, 3.63) is 16.4 Å². The predicted octanol–water partition coefficient (Wildman–Crippen LogP) is 0.0736. The Hall–Kier alpha value is -3.55. The Morgan fingerprint density at radius 3 is 2.23 bits per heavy atom. The maximum absolute atomic E-state index is 11.7. The van der Waals surface area contributed by atoms with Crippen LogP contribution in [0, 0.1) is 10.1 Å². The van der Waals surface area contributed by atoms with Crippen molar-refractivity contribution in [1.29, 1.82) is 0 Å². The molecule has 0 aromatic carbocycles. The Kier molecular flexibility index (Phi) is 7.05. The number of nitro groups is 1. The lowest BCUT2D eigenvalue weighted by molar-refractivity contribution is -0.388. The highest BCUT2D eigenvalue weighted by atomic mass is 16.7. The van der Waals surface area contributed by atoms with Gasteiger partial charge in [0.15, 0.2) is 18.4 Å². The van der Waals surface area contributed by atoms with Crippen LogP contribution in [-0.2, 0) is 38.1 Å². The molecule has 4 atom stereocenters. The van der Waals surface area contributed by atoms with Crippen molar-refractivity contribution in [2.75, 3.05) is 11.9 Å². The second-order valence-electron chi connectivity index (χ2n) is 6.28. The summed E-state index contributed by atoms with van der Waals surface area (Å²) < 4.78 is 22.2. The lowest BCUT2D eigenvalue weighted by atomic mass is 10.1. The van der Waals surface area contributed by atoms with Crippen LogP contribution in [0.5, 0.6) is 0 Å². The number of imidazole rings is 1. The molecule has 0 bridgehead atoms. The Morgan fingerprint density at radius 2 is 1.73 bits per heavy atom. The van der Waals surface area contributed by atoms with Crippen LogP contribution in [0.25, 0.3) is 0 Å². The van der Waals surface area contributed by atoms with Gasteiger partial charge in [-0.25, -0.2) is 0 Å². The normalized spacial score (nSPS) is 22.8. The standard InChI is InChI=1S/C16H20N4O10/c1-7(21)18-15-14(20(25)26)17-6-19(15)16-13(29-10(4)24)12(28-9(3)23)11(30-16)5-27-8(2)22/h6,11-13,16H,5H2,1-4H3,(H,18,21)/t11-,12+,13+,16+/m0/s1. The minimum Gasteiger partial charge on any atom is -0.463 e. The zero-order chi connectivity index (χ0) is 22.6. The quantitative estimate of drug-likeness (QED) is 0.269. The summed E-state index contributed by atoms with van der Waals surface area (Å²) in [5, 5.41) is 13.5. The average Bonchev–Trinajstić information content (AvgIpc) is 3.14. The van der Waals surface area contributed by atoms with Gasteiger partial charge < -0.3 is 34.4 Å². The van der Waals surface area contributed by atoms with E-state index in [0.29, 0.717) is 0 Å². The monoisotopic (exact) mass is 428 g/mol. The number of esters is 3. The SMILES string of the molecule is CC(=O)Nc1c([N+](=O)[O-])ncn1[C@@H]1O[C@@H](COC(C)=O)[C@@H](OC(C)=O)[C@H]1OC(C)=O. The molecule has 0 saturated carbocycles. The fourth-order valence-electron chi connectivity index (χ4n) is 2.88. The van der Waals surface area contributed by atoms with E-state index in [9.17, 15) is 29.3 Å². The van der Waals surface area contributed by atoms with Gasteiger partial charge >= 0.3 is 23.7 Å². The fourth-order valence-corrected chi connectivity index (χ4v) is 2.88. The van der Waals surface area contributed by atoms with Crippen LogP contribution in [0.2, 0.25) is 0 Å². The van der Waals surface area contributed by atoms with E-state index in [0.717, 1.165) is 38.6 Å². The largest absolute Gasteiger partial charge is 0.463 e. The molecular weight excluding hydrogens is 408 g/mol. The number of rotatable bonds is 7. The molecule has 1 fully saturated rings. The number of nitrogens with one attached hydrogen (secondary N) is 1. The van der Waals surface area contributed by atoms with E-state index < -0.39 is 59.1 Å². The molecule has 1 aliphatic heterocycles. The van der Waals surface area contributed by atoms with E-state index in [2.05, 4.69) is 10.3 Å². The summed E-state index contributed by atoms with van der Waals surface area (Å²) in [6.45, 7) is 4.16. The van der Waals surface area contributed by atoms with Crippen molar-refractivity contribution in [2.45, 2.75) is 52.2 Å². The molecule has 1 aliphatic rings. The number of carbonyl (C=O) groups excluding carboxylic acids is 4. The van der Waals surface area contributed by atoms with Gasteiger partial charge in [-0.2, -0.15) is 0 Å². The molecule has 2 rings (SSSR count). The zero-order valence-electron chi connectivity index (χ0n) is 16.5. The Bertz CT molecular complexity index is 866. The highest BCUT2D eigenvalue weighted by Gasteiger charge is 2.52. The molecule has 164 valence electrons. The molecule has 1 N–H and O–H groups in total. The van der Waals surface area contributed by atoms with E-state index in [-0.39, 0.29) is 12.4 Å². The third kappa shape index (κ3) is 5.28. The average molecular weight is 428 g/mol. The molecule has 30 heavy (non-hydrogen) atoms. The highest BCUT2D eigenvalue weighted by molar-refractivity contribution is 5.89. The molecule has 1 amide bonds. The molecule has 14 nitrogen and oxygen atoms in total. The summed E-state index contributed by atoms with van der Waals surface area (Å²) in [7, 11) is 0. The van der Waals surface area contributed by atoms with Gasteiger partial charge in [0, 0.05) is 27.7 Å². The van der Waals surface area contributed by atoms with Gasteiger partial charge in [0.1, 0.15) is 12.7 Å². The number of anilines is 1. The molecule has 1 saturated heterocycles. The zero-order valence-corrected chi connectivity index (χ0v) is 16.5. The van der Waals surface area contributed by atoms with Crippen molar-refractivity contribution < 1.29 is 43.0 Å². The summed E-state index contributed by atoms with van der Waals surface area (Å²) in [4.78, 5) is 60.0. The van der Waals surface area contributed by atoms with E-state index >= 15 is 0 Å². The van der Waals surface area contributed by atoms with Gasteiger partial charge in [-0.1, -0.05) is 0 Å². The van der Waals surface area contributed by atoms with E-state index in [1.54, 1.807) is 0 Å². The van der Waals surface area contributed by atoms with Crippen LogP contribution in [0.3, 0.4) is 0 Å². The summed E-state index contributed by atoms with van der Waals surface area (Å²) in [5.74, 6) is -3.76. The minimum absolute atomic E-state index is 0.329. The molecule has 1 aromatic heterocycles. The third-order valence-corrected chi connectivity index (χ3v) is 3.86. The fraction of sp³-hybridized carbons (Fsp3) is 0.562.